The van der Waals surface area contributed by atoms with Crippen LogP contribution in [0.2, 0.25) is 0 Å². The molecule has 0 radical (unpaired) electrons. The highest BCUT2D eigenvalue weighted by atomic mass is 79.9. The van der Waals surface area contributed by atoms with E-state index in [1.165, 1.54) is 0 Å². The molecule has 2 rings (SSSR count). The van der Waals surface area contributed by atoms with E-state index >= 15 is 0 Å². The van der Waals surface area contributed by atoms with Gasteiger partial charge in [0.2, 0.25) is 0 Å². The van der Waals surface area contributed by atoms with Crippen molar-refractivity contribution in [1.82, 2.24) is 5.32 Å². The fraction of sp³-hybridized carbons (Fsp3) is 0.538. The SMILES string of the molecule is Cc1cc(Br)c(C)c(C2(C)CCCN2)c1F. The molecule has 88 valence electrons. The first kappa shape index (κ1) is 12.1. The first-order valence-electron chi connectivity index (χ1n) is 5.66. The Bertz CT molecular complexity index is 396. The van der Waals surface area contributed by atoms with Crippen molar-refractivity contribution in [3.8, 4) is 0 Å². The molecule has 0 amide bonds. The molecule has 1 aromatic rings. The van der Waals surface area contributed by atoms with Gasteiger partial charge in [0.05, 0.1) is 0 Å². The zero-order valence-electron chi connectivity index (χ0n) is 9.95. The van der Waals surface area contributed by atoms with Crippen LogP contribution in [0.3, 0.4) is 0 Å². The second-order valence-corrected chi connectivity index (χ2v) is 5.71. The third kappa shape index (κ3) is 1.80. The summed E-state index contributed by atoms with van der Waals surface area (Å²) in [5.74, 6) is -0.0578. The Morgan fingerprint density at radius 3 is 2.69 bits per heavy atom. The van der Waals surface area contributed by atoms with E-state index in [0.717, 1.165) is 35.0 Å². The lowest BCUT2D eigenvalue weighted by Gasteiger charge is -2.28. The molecule has 1 aliphatic rings. The Morgan fingerprint density at radius 2 is 2.12 bits per heavy atom. The number of hydrogen-bond donors (Lipinski definition) is 1. The number of nitrogens with one attached hydrogen (secondary N) is 1. The van der Waals surface area contributed by atoms with Crippen molar-refractivity contribution in [3.05, 3.63) is 33.0 Å². The summed E-state index contributed by atoms with van der Waals surface area (Å²) in [6.07, 6.45) is 2.11. The number of hydrogen-bond acceptors (Lipinski definition) is 1. The van der Waals surface area contributed by atoms with Gasteiger partial charge in [0.1, 0.15) is 5.82 Å². The van der Waals surface area contributed by atoms with Gasteiger partial charge in [-0.15, -0.1) is 0 Å². The van der Waals surface area contributed by atoms with Crippen molar-refractivity contribution >= 4 is 15.9 Å². The smallest absolute Gasteiger partial charge is 0.131 e. The largest absolute Gasteiger partial charge is 0.308 e. The first-order chi connectivity index (χ1) is 7.46. The quantitative estimate of drug-likeness (QED) is 0.828. The van der Waals surface area contributed by atoms with Crippen LogP contribution in [-0.2, 0) is 5.54 Å². The molecule has 0 aliphatic carbocycles. The van der Waals surface area contributed by atoms with Gasteiger partial charge in [0.15, 0.2) is 0 Å². The molecule has 3 heteroatoms. The van der Waals surface area contributed by atoms with E-state index in [1.807, 2.05) is 19.9 Å². The Morgan fingerprint density at radius 1 is 1.44 bits per heavy atom. The van der Waals surface area contributed by atoms with Crippen LogP contribution < -0.4 is 5.32 Å². The lowest BCUT2D eigenvalue weighted by Crippen LogP contribution is -2.35. The Hall–Kier alpha value is -0.410. The molecular formula is C13H17BrFN. The van der Waals surface area contributed by atoms with Crippen LogP contribution in [0.25, 0.3) is 0 Å². The van der Waals surface area contributed by atoms with Crippen LogP contribution in [0.15, 0.2) is 10.5 Å². The molecule has 1 heterocycles. The van der Waals surface area contributed by atoms with Crippen molar-refractivity contribution in [3.63, 3.8) is 0 Å². The molecule has 0 bridgehead atoms. The summed E-state index contributed by atoms with van der Waals surface area (Å²) in [6, 6.07) is 1.85. The van der Waals surface area contributed by atoms with Crippen LogP contribution in [0.1, 0.15) is 36.5 Å². The first-order valence-corrected chi connectivity index (χ1v) is 6.46. The highest BCUT2D eigenvalue weighted by Crippen LogP contribution is 2.37. The van der Waals surface area contributed by atoms with Crippen molar-refractivity contribution in [1.29, 1.82) is 0 Å². The van der Waals surface area contributed by atoms with E-state index in [-0.39, 0.29) is 11.4 Å². The van der Waals surface area contributed by atoms with E-state index in [4.69, 9.17) is 0 Å². The molecular weight excluding hydrogens is 269 g/mol. The van der Waals surface area contributed by atoms with Crippen molar-refractivity contribution < 1.29 is 4.39 Å². The van der Waals surface area contributed by atoms with Crippen molar-refractivity contribution in [2.24, 2.45) is 0 Å². The Labute approximate surface area is 105 Å². The molecule has 1 aromatic carbocycles. The van der Waals surface area contributed by atoms with Crippen molar-refractivity contribution in [2.75, 3.05) is 6.54 Å². The summed E-state index contributed by atoms with van der Waals surface area (Å²) < 4.78 is 15.3. The van der Waals surface area contributed by atoms with Crippen LogP contribution in [-0.4, -0.2) is 6.54 Å². The van der Waals surface area contributed by atoms with Gasteiger partial charge < -0.3 is 5.32 Å². The molecule has 1 aliphatic heterocycles. The lowest BCUT2D eigenvalue weighted by atomic mass is 9.86. The number of halogens is 2. The normalized spacial score (nSPS) is 25.1. The van der Waals surface area contributed by atoms with Crippen LogP contribution in [0.4, 0.5) is 4.39 Å². The van der Waals surface area contributed by atoms with Crippen LogP contribution in [0.5, 0.6) is 0 Å². The average molecular weight is 286 g/mol. The summed E-state index contributed by atoms with van der Waals surface area (Å²) in [4.78, 5) is 0. The molecule has 1 fully saturated rings. The molecule has 16 heavy (non-hydrogen) atoms. The second-order valence-electron chi connectivity index (χ2n) is 4.85. The maximum Gasteiger partial charge on any atom is 0.131 e. The maximum atomic E-state index is 14.3. The highest BCUT2D eigenvalue weighted by molar-refractivity contribution is 9.10. The number of benzene rings is 1. The minimum Gasteiger partial charge on any atom is -0.308 e. The standard InChI is InChI=1S/C13H17BrFN/c1-8-7-10(14)9(2)11(12(8)15)13(3)5-4-6-16-13/h7,16H,4-6H2,1-3H3. The zero-order chi connectivity index (χ0) is 11.9. The minimum atomic E-state index is -0.206. The van der Waals surface area contributed by atoms with Crippen LogP contribution in [0, 0.1) is 19.7 Å². The number of rotatable bonds is 1. The van der Waals surface area contributed by atoms with Gasteiger partial charge in [-0.25, -0.2) is 4.39 Å². The van der Waals surface area contributed by atoms with Gasteiger partial charge in [-0.05, 0) is 57.4 Å². The van der Waals surface area contributed by atoms with Gasteiger partial charge >= 0.3 is 0 Å². The summed E-state index contributed by atoms with van der Waals surface area (Å²) in [6.45, 7) is 6.87. The molecule has 1 saturated heterocycles. The third-order valence-corrected chi connectivity index (χ3v) is 4.39. The highest BCUT2D eigenvalue weighted by Gasteiger charge is 2.34. The van der Waals surface area contributed by atoms with Crippen LogP contribution >= 0.6 is 15.9 Å². The van der Waals surface area contributed by atoms with E-state index < -0.39 is 0 Å². The molecule has 0 aromatic heterocycles. The monoisotopic (exact) mass is 285 g/mol. The van der Waals surface area contributed by atoms with Crippen molar-refractivity contribution in [2.45, 2.75) is 39.2 Å². The van der Waals surface area contributed by atoms with Gasteiger partial charge in [-0.3, -0.25) is 0 Å². The minimum absolute atomic E-state index is 0.0578. The fourth-order valence-electron chi connectivity index (χ4n) is 2.61. The van der Waals surface area contributed by atoms with E-state index in [0.29, 0.717) is 5.56 Å². The van der Waals surface area contributed by atoms with Gasteiger partial charge in [-0.1, -0.05) is 15.9 Å². The van der Waals surface area contributed by atoms with Gasteiger partial charge in [-0.2, -0.15) is 0 Å². The summed E-state index contributed by atoms with van der Waals surface area (Å²) in [5.41, 5.74) is 2.35. The van der Waals surface area contributed by atoms with E-state index in [9.17, 15) is 4.39 Å². The summed E-state index contributed by atoms with van der Waals surface area (Å²) in [5, 5.41) is 3.42. The number of aryl methyl sites for hydroxylation is 1. The Balaban J connectivity index is 2.63. The zero-order valence-corrected chi connectivity index (χ0v) is 11.5. The molecule has 1 unspecified atom stereocenters. The maximum absolute atomic E-state index is 14.3. The van der Waals surface area contributed by atoms with Gasteiger partial charge in [0.25, 0.3) is 0 Å². The predicted octanol–water partition coefficient (Wildman–Crippen LogP) is 3.80. The molecule has 1 N–H and O–H groups in total. The predicted molar refractivity (Wildman–Crippen MR) is 68.2 cm³/mol. The topological polar surface area (TPSA) is 12.0 Å². The summed E-state index contributed by atoms with van der Waals surface area (Å²) in [7, 11) is 0. The average Bonchev–Trinajstić information content (AvgIpc) is 2.63. The molecule has 0 spiro atoms. The summed E-state index contributed by atoms with van der Waals surface area (Å²) >= 11 is 3.51. The van der Waals surface area contributed by atoms with Gasteiger partial charge in [0, 0.05) is 15.6 Å². The third-order valence-electron chi connectivity index (χ3n) is 3.56. The molecule has 1 atom stereocenters. The molecule has 0 saturated carbocycles. The van der Waals surface area contributed by atoms with E-state index in [1.54, 1.807) is 0 Å². The lowest BCUT2D eigenvalue weighted by molar-refractivity contribution is 0.406. The fourth-order valence-corrected chi connectivity index (χ4v) is 3.15. The van der Waals surface area contributed by atoms with E-state index in [2.05, 4.69) is 28.2 Å². The molecule has 1 nitrogen and oxygen atoms in total. The second kappa shape index (κ2) is 4.11. The Kier molecular flexibility index (Phi) is 3.10.